The van der Waals surface area contributed by atoms with Gasteiger partial charge in [-0.15, -0.1) is 0 Å². The summed E-state index contributed by atoms with van der Waals surface area (Å²) in [5, 5.41) is 3.64. The van der Waals surface area contributed by atoms with Crippen LogP contribution in [0.2, 0.25) is 5.02 Å². The van der Waals surface area contributed by atoms with Crippen LogP contribution in [-0.4, -0.2) is 24.7 Å². The summed E-state index contributed by atoms with van der Waals surface area (Å²) in [5.74, 6) is -0.0365. The molecule has 1 aromatic carbocycles. The predicted octanol–water partition coefficient (Wildman–Crippen LogP) is 3.90. The average Bonchev–Trinajstić information content (AvgIpc) is 2.48. The summed E-state index contributed by atoms with van der Waals surface area (Å²) in [6.07, 6.45) is 3.68. The molecular formula is C17H22ClNO2. The Hall–Kier alpha value is -1.19. The molecule has 0 spiro atoms. The monoisotopic (exact) mass is 307 g/mol. The number of carbonyl (C=O) groups is 2. The highest BCUT2D eigenvalue weighted by atomic mass is 35.5. The van der Waals surface area contributed by atoms with E-state index in [9.17, 15) is 9.59 Å². The number of nitrogens with one attached hydrogen (secondary N) is 1. The predicted molar refractivity (Wildman–Crippen MR) is 85.2 cm³/mol. The Labute approximate surface area is 131 Å². The zero-order chi connectivity index (χ0) is 15.5. The second-order valence-electron chi connectivity index (χ2n) is 5.86. The first-order valence-electron chi connectivity index (χ1n) is 7.57. The highest BCUT2D eigenvalue weighted by Crippen LogP contribution is 2.37. The first kappa shape index (κ1) is 16.2. The second kappa shape index (κ2) is 6.71. The van der Waals surface area contributed by atoms with Crippen LogP contribution in [0, 0.1) is 5.41 Å². The number of hydrogen-bond acceptors (Lipinski definition) is 3. The van der Waals surface area contributed by atoms with Crippen molar-refractivity contribution in [2.75, 3.05) is 13.1 Å². The number of Topliss-reactive ketones (excluding diaryl/α,β-unsaturated/α-hetero) is 2. The lowest BCUT2D eigenvalue weighted by Gasteiger charge is -2.36. The molecule has 1 N–H and O–H groups in total. The van der Waals surface area contributed by atoms with Gasteiger partial charge in [-0.05, 0) is 44.9 Å². The normalized spacial score (nSPS) is 22.0. The number of rotatable bonds is 5. The zero-order valence-electron chi connectivity index (χ0n) is 12.7. The van der Waals surface area contributed by atoms with Crippen LogP contribution in [0.5, 0.6) is 0 Å². The minimum Gasteiger partial charge on any atom is -0.316 e. The topological polar surface area (TPSA) is 46.2 Å². The van der Waals surface area contributed by atoms with Crippen molar-refractivity contribution in [3.63, 3.8) is 0 Å². The van der Waals surface area contributed by atoms with Crippen molar-refractivity contribution in [2.24, 2.45) is 5.41 Å². The minimum atomic E-state index is -0.383. The van der Waals surface area contributed by atoms with E-state index in [0.717, 1.165) is 32.2 Å². The Bertz CT molecular complexity index is 542. The number of benzene rings is 1. The average molecular weight is 308 g/mol. The molecule has 1 fully saturated rings. The molecule has 0 aromatic heterocycles. The largest absolute Gasteiger partial charge is 0.316 e. The fourth-order valence-corrected chi connectivity index (χ4v) is 3.58. The lowest BCUT2D eigenvalue weighted by atomic mass is 9.71. The molecule has 0 radical (unpaired) electrons. The van der Waals surface area contributed by atoms with Crippen molar-refractivity contribution in [3.05, 3.63) is 34.3 Å². The Morgan fingerprint density at radius 3 is 2.62 bits per heavy atom. The molecule has 1 aliphatic rings. The van der Waals surface area contributed by atoms with Gasteiger partial charge in [-0.3, -0.25) is 9.59 Å². The lowest BCUT2D eigenvalue weighted by Crippen LogP contribution is -2.45. The van der Waals surface area contributed by atoms with Gasteiger partial charge in [0, 0.05) is 23.1 Å². The van der Waals surface area contributed by atoms with Gasteiger partial charge in [-0.25, -0.2) is 0 Å². The highest BCUT2D eigenvalue weighted by molar-refractivity contribution is 6.37. The van der Waals surface area contributed by atoms with E-state index in [1.54, 1.807) is 18.2 Å². The summed E-state index contributed by atoms with van der Waals surface area (Å²) in [7, 11) is 0. The maximum atomic E-state index is 13.1. The quantitative estimate of drug-likeness (QED) is 0.839. The van der Waals surface area contributed by atoms with E-state index in [2.05, 4.69) is 12.2 Å². The van der Waals surface area contributed by atoms with Crippen LogP contribution >= 0.6 is 11.6 Å². The van der Waals surface area contributed by atoms with E-state index in [0.29, 0.717) is 22.7 Å². The van der Waals surface area contributed by atoms with Crippen molar-refractivity contribution in [1.82, 2.24) is 5.32 Å². The summed E-state index contributed by atoms with van der Waals surface area (Å²) >= 11 is 6.32. The SMILES string of the molecule is CCC[C@]1(C(=O)c2cccc(C(C)=O)c2Cl)CCCNC1. The fourth-order valence-electron chi connectivity index (χ4n) is 3.23. The fraction of sp³-hybridized carbons (Fsp3) is 0.529. The molecule has 4 heteroatoms. The number of ketones is 2. The van der Waals surface area contributed by atoms with Crippen LogP contribution < -0.4 is 5.32 Å². The van der Waals surface area contributed by atoms with Gasteiger partial charge in [0.25, 0.3) is 0 Å². The van der Waals surface area contributed by atoms with Crippen LogP contribution in [0.4, 0.5) is 0 Å². The van der Waals surface area contributed by atoms with Gasteiger partial charge in [0.2, 0.25) is 0 Å². The van der Waals surface area contributed by atoms with Crippen LogP contribution in [0.15, 0.2) is 18.2 Å². The number of piperidine rings is 1. The van der Waals surface area contributed by atoms with E-state index in [-0.39, 0.29) is 17.0 Å². The maximum Gasteiger partial charge on any atom is 0.171 e. The molecule has 0 saturated carbocycles. The number of hydrogen-bond donors (Lipinski definition) is 1. The lowest BCUT2D eigenvalue weighted by molar-refractivity contribution is 0.0718. The van der Waals surface area contributed by atoms with Crippen LogP contribution in [0.3, 0.4) is 0 Å². The summed E-state index contributed by atoms with van der Waals surface area (Å²) in [6.45, 7) is 5.22. The second-order valence-corrected chi connectivity index (χ2v) is 6.24. The highest BCUT2D eigenvalue weighted by Gasteiger charge is 2.40. The van der Waals surface area contributed by atoms with Gasteiger partial charge in [0.15, 0.2) is 11.6 Å². The Balaban J connectivity index is 2.42. The van der Waals surface area contributed by atoms with Crippen molar-refractivity contribution in [2.45, 2.75) is 39.5 Å². The van der Waals surface area contributed by atoms with Crippen LogP contribution in [-0.2, 0) is 0 Å². The Morgan fingerprint density at radius 1 is 1.33 bits per heavy atom. The van der Waals surface area contributed by atoms with Crippen LogP contribution in [0.1, 0.15) is 60.2 Å². The summed E-state index contributed by atoms with van der Waals surface area (Å²) in [6, 6.07) is 5.15. The molecule has 1 saturated heterocycles. The number of halogens is 1. The van der Waals surface area contributed by atoms with Gasteiger partial charge in [0.1, 0.15) is 0 Å². The first-order valence-corrected chi connectivity index (χ1v) is 7.94. The number of carbonyl (C=O) groups excluding carboxylic acids is 2. The van der Waals surface area contributed by atoms with E-state index in [1.807, 2.05) is 0 Å². The molecule has 1 heterocycles. The molecule has 1 atom stereocenters. The third-order valence-corrected chi connectivity index (χ3v) is 4.71. The van der Waals surface area contributed by atoms with E-state index >= 15 is 0 Å². The van der Waals surface area contributed by atoms with Gasteiger partial charge in [-0.2, -0.15) is 0 Å². The van der Waals surface area contributed by atoms with E-state index < -0.39 is 0 Å². The van der Waals surface area contributed by atoms with E-state index in [4.69, 9.17) is 11.6 Å². The molecule has 1 aliphatic heterocycles. The first-order chi connectivity index (χ1) is 10.0. The van der Waals surface area contributed by atoms with Gasteiger partial charge < -0.3 is 5.32 Å². The van der Waals surface area contributed by atoms with Gasteiger partial charge in [0.05, 0.1) is 5.02 Å². The Kier molecular flexibility index (Phi) is 5.17. The third-order valence-electron chi connectivity index (χ3n) is 4.31. The minimum absolute atomic E-state index is 0.0738. The molecule has 1 aromatic rings. The molecule has 114 valence electrons. The maximum absolute atomic E-state index is 13.1. The van der Waals surface area contributed by atoms with Crippen molar-refractivity contribution < 1.29 is 9.59 Å². The van der Waals surface area contributed by atoms with Crippen molar-refractivity contribution in [3.8, 4) is 0 Å². The molecule has 0 unspecified atom stereocenters. The molecule has 0 aliphatic carbocycles. The van der Waals surface area contributed by atoms with E-state index in [1.165, 1.54) is 6.92 Å². The van der Waals surface area contributed by atoms with Crippen molar-refractivity contribution in [1.29, 1.82) is 0 Å². The summed E-state index contributed by atoms with van der Waals surface area (Å²) in [5.41, 5.74) is 0.533. The molecular weight excluding hydrogens is 286 g/mol. The van der Waals surface area contributed by atoms with Gasteiger partial charge in [-0.1, -0.05) is 31.0 Å². The van der Waals surface area contributed by atoms with Crippen molar-refractivity contribution >= 4 is 23.2 Å². The third kappa shape index (κ3) is 3.19. The summed E-state index contributed by atoms with van der Waals surface area (Å²) < 4.78 is 0. The summed E-state index contributed by atoms with van der Waals surface area (Å²) in [4.78, 5) is 24.7. The smallest absolute Gasteiger partial charge is 0.171 e. The molecule has 0 amide bonds. The molecule has 2 rings (SSSR count). The Morgan fingerprint density at radius 2 is 2.05 bits per heavy atom. The van der Waals surface area contributed by atoms with Crippen LogP contribution in [0.25, 0.3) is 0 Å². The standard InChI is InChI=1S/C17H22ClNO2/c1-3-8-17(9-5-10-19-11-17)16(21)14-7-4-6-13(12(2)20)15(14)18/h4,6-7,19H,3,5,8-11H2,1-2H3/t17-/m0/s1. The molecule has 21 heavy (non-hydrogen) atoms. The zero-order valence-corrected chi connectivity index (χ0v) is 13.4. The molecule has 0 bridgehead atoms. The van der Waals surface area contributed by atoms with Gasteiger partial charge >= 0.3 is 0 Å². The molecule has 3 nitrogen and oxygen atoms in total.